The van der Waals surface area contributed by atoms with E-state index in [1.807, 2.05) is 0 Å². The maximum absolute atomic E-state index is 14.3. The van der Waals surface area contributed by atoms with E-state index in [-0.39, 0.29) is 11.7 Å². The van der Waals surface area contributed by atoms with Gasteiger partial charge in [0.15, 0.2) is 5.78 Å². The summed E-state index contributed by atoms with van der Waals surface area (Å²) in [5.41, 5.74) is 7.89. The molecule has 0 atom stereocenters. The molecular formula is C24H28F4N6O. The van der Waals surface area contributed by atoms with Gasteiger partial charge in [-0.25, -0.2) is 4.39 Å². The van der Waals surface area contributed by atoms with E-state index in [1.165, 1.54) is 25.5 Å². The number of halogens is 4. The fraction of sp³-hybridized carbons (Fsp3) is 0.500. The van der Waals surface area contributed by atoms with Gasteiger partial charge in [-0.2, -0.15) is 23.4 Å². The van der Waals surface area contributed by atoms with Gasteiger partial charge in [-0.15, -0.1) is 0 Å². The number of carbonyl (C=O) groups is 1. The normalized spacial score (nSPS) is 21.9. The van der Waals surface area contributed by atoms with Gasteiger partial charge in [0, 0.05) is 41.3 Å². The van der Waals surface area contributed by atoms with Gasteiger partial charge >= 0.3 is 6.18 Å². The monoisotopic (exact) mass is 492 g/mol. The average Bonchev–Trinajstić information content (AvgIpc) is 3.32. The number of alkyl halides is 4. The Morgan fingerprint density at radius 1 is 1.23 bits per heavy atom. The van der Waals surface area contributed by atoms with Crippen molar-refractivity contribution in [3.8, 4) is 11.3 Å². The predicted octanol–water partition coefficient (Wildman–Crippen LogP) is 5.05. The molecule has 3 aromatic heterocycles. The standard InChI is InChI=1S/C24H28F4N6O/c1-14(29)20(15(2)35)17-8-19-22(30-9-17)21(18-10-31-33(12-18)13-24(26,27)28)32-34(19)11-16-4-6-23(3,25)7-5-16/h8-10,12,16H,4-7,11,13,29H2,1-3H3. The number of rotatable bonds is 6. The van der Waals surface area contributed by atoms with Gasteiger partial charge in [0.2, 0.25) is 0 Å². The Balaban J connectivity index is 1.78. The largest absolute Gasteiger partial charge is 0.408 e. The van der Waals surface area contributed by atoms with Crippen LogP contribution in [0.25, 0.3) is 27.9 Å². The molecule has 0 aromatic carbocycles. The third-order valence-corrected chi connectivity index (χ3v) is 6.45. The Labute approximate surface area is 200 Å². The number of ketones is 1. The molecule has 0 unspecified atom stereocenters. The summed E-state index contributed by atoms with van der Waals surface area (Å²) in [6.07, 6.45) is 2.03. The van der Waals surface area contributed by atoms with Crippen LogP contribution in [0.5, 0.6) is 0 Å². The van der Waals surface area contributed by atoms with Crippen molar-refractivity contribution in [2.75, 3.05) is 0 Å². The number of hydrogen-bond donors (Lipinski definition) is 1. The summed E-state index contributed by atoms with van der Waals surface area (Å²) in [7, 11) is 0. The highest BCUT2D eigenvalue weighted by Gasteiger charge is 2.32. The van der Waals surface area contributed by atoms with Gasteiger partial charge in [0.05, 0.1) is 11.7 Å². The highest BCUT2D eigenvalue weighted by Crippen LogP contribution is 2.37. The lowest BCUT2D eigenvalue weighted by Gasteiger charge is -2.31. The molecule has 3 heterocycles. The highest BCUT2D eigenvalue weighted by atomic mass is 19.4. The van der Waals surface area contributed by atoms with Crippen molar-refractivity contribution in [3.05, 3.63) is 35.9 Å². The first-order valence-electron chi connectivity index (χ1n) is 11.5. The maximum atomic E-state index is 14.3. The number of Topliss-reactive ketones (excluding diaryl/α,β-unsaturated/α-hetero) is 1. The number of nitrogens with two attached hydrogens (primary N) is 1. The molecule has 1 fully saturated rings. The molecule has 188 valence electrons. The van der Waals surface area contributed by atoms with Crippen LogP contribution in [0.1, 0.15) is 52.0 Å². The number of carbonyl (C=O) groups excluding carboxylic acids is 1. The molecule has 11 heteroatoms. The topological polar surface area (TPSA) is 91.6 Å². The fourth-order valence-electron chi connectivity index (χ4n) is 4.70. The summed E-state index contributed by atoms with van der Waals surface area (Å²) in [4.78, 5) is 16.7. The smallest absolute Gasteiger partial charge is 0.402 e. The Morgan fingerprint density at radius 3 is 2.51 bits per heavy atom. The summed E-state index contributed by atoms with van der Waals surface area (Å²) < 4.78 is 55.3. The van der Waals surface area contributed by atoms with Crippen LogP contribution in [0.3, 0.4) is 0 Å². The fourth-order valence-corrected chi connectivity index (χ4v) is 4.70. The van der Waals surface area contributed by atoms with Crippen LogP contribution in [0.4, 0.5) is 17.6 Å². The molecular weight excluding hydrogens is 464 g/mol. The van der Waals surface area contributed by atoms with E-state index in [2.05, 4.69) is 15.2 Å². The molecule has 1 saturated carbocycles. The third-order valence-electron chi connectivity index (χ3n) is 6.45. The van der Waals surface area contributed by atoms with Gasteiger partial charge < -0.3 is 5.73 Å². The van der Waals surface area contributed by atoms with Crippen LogP contribution in [0.15, 0.2) is 30.4 Å². The molecule has 0 saturated heterocycles. The highest BCUT2D eigenvalue weighted by molar-refractivity contribution is 6.20. The first kappa shape index (κ1) is 24.9. The molecule has 0 amide bonds. The first-order chi connectivity index (χ1) is 16.3. The van der Waals surface area contributed by atoms with E-state index < -0.39 is 18.4 Å². The zero-order valence-electron chi connectivity index (χ0n) is 19.9. The van der Waals surface area contributed by atoms with Gasteiger partial charge in [0.1, 0.15) is 23.4 Å². The first-order valence-corrected chi connectivity index (χ1v) is 11.5. The minimum absolute atomic E-state index is 0.186. The van der Waals surface area contributed by atoms with Crippen molar-refractivity contribution in [2.45, 2.75) is 71.4 Å². The van der Waals surface area contributed by atoms with E-state index in [9.17, 15) is 22.4 Å². The summed E-state index contributed by atoms with van der Waals surface area (Å²) in [5, 5.41) is 8.51. The zero-order chi connectivity index (χ0) is 25.5. The Morgan fingerprint density at radius 2 is 1.91 bits per heavy atom. The zero-order valence-corrected chi connectivity index (χ0v) is 19.9. The quantitative estimate of drug-likeness (QED) is 0.384. The third kappa shape index (κ3) is 5.54. The van der Waals surface area contributed by atoms with Crippen LogP contribution in [0, 0.1) is 5.92 Å². The molecule has 3 aromatic rings. The molecule has 0 aliphatic heterocycles. The van der Waals surface area contributed by atoms with Crippen LogP contribution < -0.4 is 5.73 Å². The SMILES string of the molecule is CC(=O)C(=C(C)N)c1cnc2c(-c3cnn(CC(F)(F)F)c3)nn(CC3CCC(C)(F)CC3)c2c1. The Kier molecular flexibility index (Phi) is 6.46. The van der Waals surface area contributed by atoms with Gasteiger partial charge in [-0.3, -0.25) is 19.1 Å². The van der Waals surface area contributed by atoms with Gasteiger partial charge in [0.25, 0.3) is 0 Å². The van der Waals surface area contributed by atoms with Crippen molar-refractivity contribution in [1.29, 1.82) is 0 Å². The number of fused-ring (bicyclic) bond motifs is 1. The van der Waals surface area contributed by atoms with Crippen LogP contribution in [-0.4, -0.2) is 42.2 Å². The molecule has 1 aliphatic carbocycles. The minimum atomic E-state index is -4.40. The number of hydrogen-bond acceptors (Lipinski definition) is 5. The van der Waals surface area contributed by atoms with Crippen LogP contribution >= 0.6 is 0 Å². The van der Waals surface area contributed by atoms with E-state index >= 15 is 0 Å². The Hall–Kier alpha value is -3.24. The van der Waals surface area contributed by atoms with E-state index in [0.29, 0.717) is 71.4 Å². The lowest BCUT2D eigenvalue weighted by atomic mass is 9.81. The van der Waals surface area contributed by atoms with Gasteiger partial charge in [-0.05, 0) is 58.4 Å². The lowest BCUT2D eigenvalue weighted by Crippen LogP contribution is -2.28. The summed E-state index contributed by atoms with van der Waals surface area (Å²) in [6.45, 7) is 3.95. The van der Waals surface area contributed by atoms with Crippen molar-refractivity contribution in [3.63, 3.8) is 0 Å². The summed E-state index contributed by atoms with van der Waals surface area (Å²) >= 11 is 0. The second-order valence-electron chi connectivity index (χ2n) is 9.64. The maximum Gasteiger partial charge on any atom is 0.408 e. The second-order valence-corrected chi connectivity index (χ2v) is 9.64. The molecule has 4 rings (SSSR count). The van der Waals surface area contributed by atoms with Crippen LogP contribution in [0.2, 0.25) is 0 Å². The van der Waals surface area contributed by atoms with Crippen LogP contribution in [-0.2, 0) is 17.9 Å². The lowest BCUT2D eigenvalue weighted by molar-refractivity contribution is -0.142. The van der Waals surface area contributed by atoms with Crippen molar-refractivity contribution < 1.29 is 22.4 Å². The number of pyridine rings is 1. The molecule has 0 radical (unpaired) electrons. The molecule has 0 bridgehead atoms. The number of nitrogens with zero attached hydrogens (tertiary/aromatic N) is 5. The van der Waals surface area contributed by atoms with E-state index in [4.69, 9.17) is 5.73 Å². The molecule has 2 N–H and O–H groups in total. The Bertz CT molecular complexity index is 1270. The second kappa shape index (κ2) is 9.09. The van der Waals surface area contributed by atoms with Crippen molar-refractivity contribution >= 4 is 22.4 Å². The number of aromatic nitrogens is 5. The van der Waals surface area contributed by atoms with Crippen molar-refractivity contribution in [2.24, 2.45) is 11.7 Å². The van der Waals surface area contributed by atoms with E-state index in [0.717, 1.165) is 4.68 Å². The summed E-state index contributed by atoms with van der Waals surface area (Å²) in [5.74, 6) is -0.0224. The predicted molar refractivity (Wildman–Crippen MR) is 124 cm³/mol. The van der Waals surface area contributed by atoms with E-state index in [1.54, 1.807) is 24.6 Å². The molecule has 1 aliphatic rings. The molecule has 7 nitrogen and oxygen atoms in total. The average molecular weight is 493 g/mol. The summed E-state index contributed by atoms with van der Waals surface area (Å²) in [6, 6.07) is 1.77. The molecule has 35 heavy (non-hydrogen) atoms. The molecule has 0 spiro atoms. The van der Waals surface area contributed by atoms with Gasteiger partial charge in [-0.1, -0.05) is 0 Å². The number of allylic oxidation sites excluding steroid dienone is 2. The van der Waals surface area contributed by atoms with Crippen molar-refractivity contribution in [1.82, 2.24) is 24.5 Å². The minimum Gasteiger partial charge on any atom is -0.402 e.